The van der Waals surface area contributed by atoms with Crippen molar-refractivity contribution in [3.8, 4) is 0 Å². The van der Waals surface area contributed by atoms with Crippen LogP contribution in [0.3, 0.4) is 0 Å². The molecule has 0 heterocycles. The van der Waals surface area contributed by atoms with Crippen molar-refractivity contribution >= 4 is 0 Å². The number of hydrogen-bond acceptors (Lipinski definition) is 1. The third kappa shape index (κ3) is 9.99. The Hall–Kier alpha value is 0.0239. The number of hydrogen-bond donors (Lipinski definition) is 1. The molecule has 1 atom stereocenters. The van der Waals surface area contributed by atoms with Gasteiger partial charge in [-0.15, -0.1) is 13.2 Å². The summed E-state index contributed by atoms with van der Waals surface area (Å²) in [5.74, 6) is 0. The molecule has 1 rings (SSSR count). The monoisotopic (exact) mass is 321 g/mol. The van der Waals surface area contributed by atoms with Crippen molar-refractivity contribution in [2.45, 2.75) is 46.6 Å². The zero-order valence-corrected chi connectivity index (χ0v) is 15.1. The smallest absolute Gasteiger partial charge is 0 e. The number of benzene rings is 1. The molecule has 0 saturated carbocycles. The van der Waals surface area contributed by atoms with E-state index in [1.54, 1.807) is 0 Å². The summed E-state index contributed by atoms with van der Waals surface area (Å²) in [6, 6.07) is 9.76. The molecule has 0 aliphatic rings. The standard InChI is InChI=1S/C14H22N.C2H4.Y/c1-11-5-7-12(8-6-11)9-13(15)10-14(2,3)4;1-2;/h5,7-8,13H,9-10,15H2,1-4H3;1-2H2;/q-1;;. The van der Waals surface area contributed by atoms with E-state index in [4.69, 9.17) is 5.73 Å². The molecule has 0 spiro atoms. The molecule has 0 amide bonds. The Morgan fingerprint density at radius 1 is 1.28 bits per heavy atom. The van der Waals surface area contributed by atoms with E-state index >= 15 is 0 Å². The fraction of sp³-hybridized carbons (Fsp3) is 0.500. The van der Waals surface area contributed by atoms with E-state index in [1.807, 2.05) is 0 Å². The van der Waals surface area contributed by atoms with Crippen molar-refractivity contribution in [2.24, 2.45) is 11.1 Å². The Morgan fingerprint density at radius 3 is 2.22 bits per heavy atom. The first kappa shape index (κ1) is 20.3. The van der Waals surface area contributed by atoms with Crippen molar-refractivity contribution in [2.75, 3.05) is 0 Å². The third-order valence-electron chi connectivity index (χ3n) is 2.41. The normalized spacial score (nSPS) is 11.8. The van der Waals surface area contributed by atoms with Gasteiger partial charge in [0.05, 0.1) is 0 Å². The molecule has 1 aromatic carbocycles. The van der Waals surface area contributed by atoms with Crippen LogP contribution in [0.25, 0.3) is 0 Å². The van der Waals surface area contributed by atoms with Crippen molar-refractivity contribution in [3.05, 3.63) is 48.6 Å². The van der Waals surface area contributed by atoms with Gasteiger partial charge in [0.15, 0.2) is 0 Å². The van der Waals surface area contributed by atoms with Gasteiger partial charge in [-0.1, -0.05) is 34.1 Å². The van der Waals surface area contributed by atoms with Gasteiger partial charge in [0.2, 0.25) is 0 Å². The first-order valence-corrected chi connectivity index (χ1v) is 6.09. The maximum absolute atomic E-state index is 6.12. The molecule has 1 aromatic rings. The zero-order chi connectivity index (χ0) is 13.5. The maximum Gasteiger partial charge on any atom is 0 e. The third-order valence-corrected chi connectivity index (χ3v) is 2.41. The molecule has 0 fully saturated rings. The molecule has 0 saturated heterocycles. The van der Waals surface area contributed by atoms with Crippen molar-refractivity contribution in [1.29, 1.82) is 0 Å². The molecule has 1 nitrogen and oxygen atoms in total. The average Bonchev–Trinajstić information content (AvgIpc) is 2.22. The van der Waals surface area contributed by atoms with Gasteiger partial charge in [0.25, 0.3) is 0 Å². The summed E-state index contributed by atoms with van der Waals surface area (Å²) in [6.45, 7) is 14.7. The molecule has 99 valence electrons. The number of aryl methyl sites for hydroxylation is 1. The van der Waals surface area contributed by atoms with Gasteiger partial charge in [-0.25, -0.2) is 0 Å². The van der Waals surface area contributed by atoms with Crippen LogP contribution < -0.4 is 5.73 Å². The van der Waals surface area contributed by atoms with E-state index in [0.717, 1.165) is 12.8 Å². The second-order valence-corrected chi connectivity index (χ2v) is 5.61. The van der Waals surface area contributed by atoms with Gasteiger partial charge in [-0.05, 0) is 17.9 Å². The van der Waals surface area contributed by atoms with Crippen molar-refractivity contribution in [3.63, 3.8) is 0 Å². The fourth-order valence-corrected chi connectivity index (χ4v) is 1.82. The molecule has 0 aliphatic heterocycles. The van der Waals surface area contributed by atoms with Gasteiger partial charge in [-0.3, -0.25) is 0 Å². The maximum atomic E-state index is 6.12. The van der Waals surface area contributed by atoms with Gasteiger partial charge >= 0.3 is 0 Å². The van der Waals surface area contributed by atoms with Gasteiger partial charge in [0.1, 0.15) is 0 Å². The Balaban J connectivity index is 0. The largest absolute Gasteiger partial charge is 0.328 e. The first-order chi connectivity index (χ1) is 7.87. The minimum Gasteiger partial charge on any atom is -0.328 e. The van der Waals surface area contributed by atoms with Crippen molar-refractivity contribution < 1.29 is 32.7 Å². The van der Waals surface area contributed by atoms with Gasteiger partial charge in [0, 0.05) is 32.7 Å². The van der Waals surface area contributed by atoms with Crippen LogP contribution in [0.2, 0.25) is 0 Å². The summed E-state index contributed by atoms with van der Waals surface area (Å²) in [7, 11) is 0. The van der Waals surface area contributed by atoms with Gasteiger partial charge in [-0.2, -0.15) is 35.4 Å². The summed E-state index contributed by atoms with van der Waals surface area (Å²) in [5.41, 5.74) is 8.90. The van der Waals surface area contributed by atoms with Crippen LogP contribution >= 0.6 is 0 Å². The molecule has 0 aliphatic carbocycles. The predicted octanol–water partition coefficient (Wildman–Crippen LogP) is 3.90. The molecular formula is C16H26NY-. The minimum absolute atomic E-state index is 0. The summed E-state index contributed by atoms with van der Waals surface area (Å²) in [6.07, 6.45) is 2.01. The van der Waals surface area contributed by atoms with Crippen LogP contribution in [-0.4, -0.2) is 6.04 Å². The second-order valence-electron chi connectivity index (χ2n) is 5.61. The van der Waals surface area contributed by atoms with Crippen LogP contribution in [0.15, 0.2) is 31.4 Å². The van der Waals surface area contributed by atoms with E-state index in [9.17, 15) is 0 Å². The summed E-state index contributed by atoms with van der Waals surface area (Å²) >= 11 is 0. The van der Waals surface area contributed by atoms with E-state index in [-0.39, 0.29) is 38.8 Å². The molecule has 18 heavy (non-hydrogen) atoms. The van der Waals surface area contributed by atoms with E-state index in [0.29, 0.717) is 5.41 Å². The summed E-state index contributed by atoms with van der Waals surface area (Å²) in [5, 5.41) is 0. The Kier molecular flexibility index (Phi) is 11.2. The van der Waals surface area contributed by atoms with E-state index in [1.165, 1.54) is 11.1 Å². The average molecular weight is 321 g/mol. The first-order valence-electron chi connectivity index (χ1n) is 6.09. The van der Waals surface area contributed by atoms with Crippen LogP contribution in [0.1, 0.15) is 38.3 Å². The fourth-order valence-electron chi connectivity index (χ4n) is 1.82. The molecule has 0 bridgehead atoms. The van der Waals surface area contributed by atoms with Crippen LogP contribution in [0.4, 0.5) is 0 Å². The minimum atomic E-state index is 0. The second kappa shape index (κ2) is 9.89. The molecule has 1 unspecified atom stereocenters. The van der Waals surface area contributed by atoms with E-state index < -0.39 is 0 Å². The Bertz CT molecular complexity index is 311. The Morgan fingerprint density at radius 2 is 1.83 bits per heavy atom. The quantitative estimate of drug-likeness (QED) is 0.663. The SMILES string of the molecule is C=C.Cc1[c-]cc(CC(N)CC(C)(C)C)cc1.[Y]. The number of rotatable bonds is 3. The van der Waals surface area contributed by atoms with E-state index in [2.05, 4.69) is 65.1 Å². The molecular weight excluding hydrogens is 295 g/mol. The molecule has 2 N–H and O–H groups in total. The summed E-state index contributed by atoms with van der Waals surface area (Å²) in [4.78, 5) is 0. The zero-order valence-electron chi connectivity index (χ0n) is 12.3. The molecule has 1 radical (unpaired) electrons. The topological polar surface area (TPSA) is 26.0 Å². The summed E-state index contributed by atoms with van der Waals surface area (Å²) < 4.78 is 0. The van der Waals surface area contributed by atoms with Crippen LogP contribution in [0, 0.1) is 18.4 Å². The number of nitrogens with two attached hydrogens (primary N) is 1. The molecule has 2 heteroatoms. The van der Waals surface area contributed by atoms with Crippen LogP contribution in [0.5, 0.6) is 0 Å². The molecule has 0 aromatic heterocycles. The predicted molar refractivity (Wildman–Crippen MR) is 77.0 cm³/mol. The van der Waals surface area contributed by atoms with Gasteiger partial charge < -0.3 is 5.73 Å². The van der Waals surface area contributed by atoms with Crippen LogP contribution in [-0.2, 0) is 39.1 Å². The van der Waals surface area contributed by atoms with Crippen molar-refractivity contribution in [1.82, 2.24) is 0 Å². The Labute approximate surface area is 138 Å².